The number of hydrogen-bond donors (Lipinski definition) is 4. The van der Waals surface area contributed by atoms with Gasteiger partial charge in [-0.3, -0.25) is 10.1 Å². The molecule has 0 bridgehead atoms. The van der Waals surface area contributed by atoms with E-state index in [4.69, 9.17) is 5.11 Å². The molecule has 100 valence electrons. The van der Waals surface area contributed by atoms with Gasteiger partial charge in [0.1, 0.15) is 0 Å². The number of amides is 1. The summed E-state index contributed by atoms with van der Waals surface area (Å²) in [6.45, 7) is 4.51. The predicted molar refractivity (Wildman–Crippen MR) is 66.8 cm³/mol. The van der Waals surface area contributed by atoms with E-state index in [2.05, 4.69) is 20.6 Å². The summed E-state index contributed by atoms with van der Waals surface area (Å²) in [7, 11) is 0. The molecule has 1 aliphatic heterocycles. The largest absolute Gasteiger partial charge is 0.396 e. The molecular formula is C12H20N4O2. The second-order valence-corrected chi connectivity index (χ2v) is 5.31. The van der Waals surface area contributed by atoms with E-state index in [9.17, 15) is 4.79 Å². The van der Waals surface area contributed by atoms with Crippen LogP contribution in [0.15, 0.2) is 6.33 Å². The minimum Gasteiger partial charge on any atom is -0.396 e. The first kappa shape index (κ1) is 13.0. The molecule has 0 radical (unpaired) electrons. The first-order valence-electron chi connectivity index (χ1n) is 6.19. The number of aliphatic hydroxyl groups excluding tert-OH is 1. The standard InChI is InChI=1S/C12H20N4O2/c1-12(2,3-4-17)16-11(18)9-5-8-10(6-13-9)15-7-14-8/h7,9,13,17H,3-6H2,1-2H3,(H,14,15)(H,16,18). The molecule has 0 aromatic carbocycles. The number of aromatic nitrogens is 2. The molecule has 1 amide bonds. The van der Waals surface area contributed by atoms with Crippen LogP contribution in [0.3, 0.4) is 0 Å². The molecule has 0 aliphatic carbocycles. The van der Waals surface area contributed by atoms with Crippen LogP contribution in [-0.2, 0) is 17.8 Å². The monoisotopic (exact) mass is 252 g/mol. The number of carbonyl (C=O) groups excluding carboxylic acids is 1. The highest BCUT2D eigenvalue weighted by molar-refractivity contribution is 5.83. The smallest absolute Gasteiger partial charge is 0.237 e. The number of H-pyrrole nitrogens is 1. The van der Waals surface area contributed by atoms with Gasteiger partial charge in [-0.05, 0) is 20.3 Å². The molecular weight excluding hydrogens is 232 g/mol. The van der Waals surface area contributed by atoms with E-state index in [-0.39, 0.29) is 24.1 Å². The van der Waals surface area contributed by atoms with Crippen molar-refractivity contribution >= 4 is 5.91 Å². The number of nitrogens with one attached hydrogen (secondary N) is 3. The van der Waals surface area contributed by atoms with Crippen LogP contribution < -0.4 is 10.6 Å². The van der Waals surface area contributed by atoms with E-state index >= 15 is 0 Å². The Balaban J connectivity index is 1.95. The molecule has 0 fully saturated rings. The molecule has 1 unspecified atom stereocenters. The number of aromatic amines is 1. The Hall–Kier alpha value is -1.40. The number of carbonyl (C=O) groups is 1. The molecule has 1 aromatic rings. The van der Waals surface area contributed by atoms with Gasteiger partial charge in [0.15, 0.2) is 0 Å². The van der Waals surface area contributed by atoms with Crippen molar-refractivity contribution in [1.82, 2.24) is 20.6 Å². The lowest BCUT2D eigenvalue weighted by molar-refractivity contribution is -0.125. The Bertz CT molecular complexity index is 427. The topological polar surface area (TPSA) is 90.0 Å². The maximum absolute atomic E-state index is 12.1. The van der Waals surface area contributed by atoms with Gasteiger partial charge >= 0.3 is 0 Å². The Morgan fingerprint density at radius 3 is 3.17 bits per heavy atom. The van der Waals surface area contributed by atoms with Gasteiger partial charge < -0.3 is 15.4 Å². The summed E-state index contributed by atoms with van der Waals surface area (Å²) in [5.41, 5.74) is 1.61. The number of nitrogens with zero attached hydrogens (tertiary/aromatic N) is 1. The fraction of sp³-hybridized carbons (Fsp3) is 0.667. The Kier molecular flexibility index (Phi) is 3.68. The van der Waals surface area contributed by atoms with Crippen molar-refractivity contribution in [2.45, 2.75) is 44.8 Å². The molecule has 0 saturated carbocycles. The van der Waals surface area contributed by atoms with Gasteiger partial charge in [-0.25, -0.2) is 4.98 Å². The number of imidazole rings is 1. The molecule has 4 N–H and O–H groups in total. The summed E-state index contributed by atoms with van der Waals surface area (Å²) in [6, 6.07) is -0.251. The summed E-state index contributed by atoms with van der Waals surface area (Å²) in [5.74, 6) is -0.0397. The molecule has 2 heterocycles. The molecule has 6 heteroatoms. The molecule has 2 rings (SSSR count). The van der Waals surface area contributed by atoms with Gasteiger partial charge in [-0.1, -0.05) is 0 Å². The Labute approximate surface area is 106 Å². The van der Waals surface area contributed by atoms with E-state index in [1.165, 1.54) is 0 Å². The first-order valence-corrected chi connectivity index (χ1v) is 6.19. The number of fused-ring (bicyclic) bond motifs is 1. The van der Waals surface area contributed by atoms with Gasteiger partial charge in [0.2, 0.25) is 5.91 Å². The number of rotatable bonds is 4. The van der Waals surface area contributed by atoms with Crippen LogP contribution in [0.2, 0.25) is 0 Å². The molecule has 1 atom stereocenters. The van der Waals surface area contributed by atoms with E-state index in [0.717, 1.165) is 11.4 Å². The van der Waals surface area contributed by atoms with Crippen molar-refractivity contribution in [3.63, 3.8) is 0 Å². The SMILES string of the molecule is CC(C)(CCO)NC(=O)C1Cc2nc[nH]c2CN1. The van der Waals surface area contributed by atoms with Crippen LogP contribution in [0.4, 0.5) is 0 Å². The van der Waals surface area contributed by atoms with Crippen molar-refractivity contribution in [3.8, 4) is 0 Å². The molecule has 1 aromatic heterocycles. The fourth-order valence-corrected chi connectivity index (χ4v) is 2.12. The zero-order chi connectivity index (χ0) is 13.2. The average Bonchev–Trinajstić information content (AvgIpc) is 2.74. The highest BCUT2D eigenvalue weighted by Gasteiger charge is 2.29. The van der Waals surface area contributed by atoms with Crippen LogP contribution in [-0.4, -0.2) is 39.2 Å². The fourth-order valence-electron chi connectivity index (χ4n) is 2.12. The normalized spacial score (nSPS) is 19.4. The van der Waals surface area contributed by atoms with Crippen molar-refractivity contribution in [2.75, 3.05) is 6.61 Å². The quantitative estimate of drug-likeness (QED) is 0.592. The van der Waals surface area contributed by atoms with Gasteiger partial charge in [-0.2, -0.15) is 0 Å². The van der Waals surface area contributed by atoms with Crippen molar-refractivity contribution < 1.29 is 9.90 Å². The second-order valence-electron chi connectivity index (χ2n) is 5.31. The van der Waals surface area contributed by atoms with Crippen molar-refractivity contribution in [2.24, 2.45) is 0 Å². The molecule has 0 spiro atoms. The Morgan fingerprint density at radius 2 is 2.44 bits per heavy atom. The van der Waals surface area contributed by atoms with Crippen LogP contribution in [0.5, 0.6) is 0 Å². The lowest BCUT2D eigenvalue weighted by Gasteiger charge is -2.29. The molecule has 18 heavy (non-hydrogen) atoms. The van der Waals surface area contributed by atoms with Crippen LogP contribution in [0.25, 0.3) is 0 Å². The highest BCUT2D eigenvalue weighted by atomic mass is 16.3. The van der Waals surface area contributed by atoms with E-state index in [1.54, 1.807) is 6.33 Å². The predicted octanol–water partition coefficient (Wildman–Crippen LogP) is -0.299. The lowest BCUT2D eigenvalue weighted by Crippen LogP contribution is -2.54. The lowest BCUT2D eigenvalue weighted by atomic mass is 9.98. The van der Waals surface area contributed by atoms with E-state index < -0.39 is 0 Å². The van der Waals surface area contributed by atoms with Crippen LogP contribution in [0, 0.1) is 0 Å². The van der Waals surface area contributed by atoms with Crippen molar-refractivity contribution in [3.05, 3.63) is 17.7 Å². The maximum atomic E-state index is 12.1. The highest BCUT2D eigenvalue weighted by Crippen LogP contribution is 2.14. The first-order chi connectivity index (χ1) is 8.52. The Morgan fingerprint density at radius 1 is 1.67 bits per heavy atom. The third-order valence-corrected chi connectivity index (χ3v) is 3.25. The minimum atomic E-state index is -0.390. The summed E-state index contributed by atoms with van der Waals surface area (Å²) < 4.78 is 0. The van der Waals surface area contributed by atoms with Gasteiger partial charge in [0.25, 0.3) is 0 Å². The van der Waals surface area contributed by atoms with Crippen molar-refractivity contribution in [1.29, 1.82) is 0 Å². The van der Waals surface area contributed by atoms with Gasteiger partial charge in [0.05, 0.1) is 23.8 Å². The summed E-state index contributed by atoms with van der Waals surface area (Å²) in [6.07, 6.45) is 2.79. The summed E-state index contributed by atoms with van der Waals surface area (Å²) in [4.78, 5) is 19.4. The number of aliphatic hydroxyl groups is 1. The average molecular weight is 252 g/mol. The van der Waals surface area contributed by atoms with E-state index in [1.807, 2.05) is 13.8 Å². The van der Waals surface area contributed by atoms with Gasteiger partial charge in [-0.15, -0.1) is 0 Å². The number of hydrogen-bond acceptors (Lipinski definition) is 4. The zero-order valence-corrected chi connectivity index (χ0v) is 10.8. The van der Waals surface area contributed by atoms with Gasteiger partial charge in [0, 0.05) is 25.1 Å². The third-order valence-electron chi connectivity index (χ3n) is 3.25. The molecule has 1 aliphatic rings. The van der Waals surface area contributed by atoms with Crippen LogP contribution in [0.1, 0.15) is 31.7 Å². The maximum Gasteiger partial charge on any atom is 0.237 e. The van der Waals surface area contributed by atoms with Crippen LogP contribution >= 0.6 is 0 Å². The summed E-state index contributed by atoms with van der Waals surface area (Å²) in [5, 5.41) is 15.1. The second kappa shape index (κ2) is 5.07. The minimum absolute atomic E-state index is 0.0397. The summed E-state index contributed by atoms with van der Waals surface area (Å²) >= 11 is 0. The molecule has 0 saturated heterocycles. The third kappa shape index (κ3) is 2.88. The zero-order valence-electron chi connectivity index (χ0n) is 10.8. The molecule has 6 nitrogen and oxygen atoms in total. The van der Waals surface area contributed by atoms with E-state index in [0.29, 0.717) is 19.4 Å².